The number of halogens is 3. The molecule has 0 aliphatic heterocycles. The molecule has 1 aromatic heterocycles. The molecule has 0 amide bonds. The minimum atomic E-state index is -0.917. The van der Waals surface area contributed by atoms with Crippen molar-refractivity contribution < 1.29 is 17.9 Å². The Morgan fingerprint density at radius 2 is 2.00 bits per heavy atom. The Morgan fingerprint density at radius 1 is 1.23 bits per heavy atom. The first-order chi connectivity index (χ1) is 16.8. The van der Waals surface area contributed by atoms with Gasteiger partial charge in [0.2, 0.25) is 5.82 Å². The second-order valence-corrected chi connectivity index (χ2v) is 9.31. The number of rotatable bonds is 7. The number of aromatic nitrogens is 2. The first kappa shape index (κ1) is 24.9. The van der Waals surface area contributed by atoms with Gasteiger partial charge in [-0.2, -0.15) is 9.37 Å². The van der Waals surface area contributed by atoms with Crippen LogP contribution in [0, 0.1) is 29.3 Å². The van der Waals surface area contributed by atoms with Crippen LogP contribution in [0.15, 0.2) is 34.6 Å². The third-order valence-corrected chi connectivity index (χ3v) is 6.70. The number of anilines is 1. The zero-order valence-electron chi connectivity index (χ0n) is 20.6. The molecule has 0 spiro atoms. The highest BCUT2D eigenvalue weighted by atomic mass is 19.1. The van der Waals surface area contributed by atoms with Gasteiger partial charge in [-0.15, -0.1) is 0 Å². The Bertz CT molecular complexity index is 1200. The summed E-state index contributed by atoms with van der Waals surface area (Å²) in [5.74, 6) is -1.95. The van der Waals surface area contributed by atoms with Gasteiger partial charge in [0, 0.05) is 18.7 Å². The zero-order chi connectivity index (χ0) is 25.1. The van der Waals surface area contributed by atoms with E-state index in [1.54, 1.807) is 13.1 Å². The van der Waals surface area contributed by atoms with Crippen LogP contribution in [0.5, 0.6) is 11.6 Å². The Morgan fingerprint density at radius 3 is 2.69 bits per heavy atom. The number of fused-ring (bicyclic) bond motifs is 1. The number of benzene rings is 1. The molecule has 35 heavy (non-hydrogen) atoms. The zero-order valence-corrected chi connectivity index (χ0v) is 20.6. The molecule has 1 fully saturated rings. The van der Waals surface area contributed by atoms with Crippen LogP contribution in [0.4, 0.5) is 19.0 Å². The monoisotopic (exact) mass is 484 g/mol. The Hall–Kier alpha value is -3.16. The van der Waals surface area contributed by atoms with E-state index in [1.807, 2.05) is 13.0 Å². The van der Waals surface area contributed by atoms with Gasteiger partial charge in [0.25, 0.3) is 5.88 Å². The maximum Gasteiger partial charge on any atom is 0.261 e. The highest BCUT2D eigenvalue weighted by Crippen LogP contribution is 2.41. The smallest absolute Gasteiger partial charge is 0.261 e. The van der Waals surface area contributed by atoms with Crippen molar-refractivity contribution in [2.45, 2.75) is 59.3 Å². The fourth-order valence-electron chi connectivity index (χ4n) is 4.37. The van der Waals surface area contributed by atoms with Crippen molar-refractivity contribution in [3.05, 3.63) is 58.2 Å². The van der Waals surface area contributed by atoms with E-state index in [1.165, 1.54) is 5.57 Å². The summed E-state index contributed by atoms with van der Waals surface area (Å²) < 4.78 is 50.7. The van der Waals surface area contributed by atoms with E-state index in [0.29, 0.717) is 29.7 Å². The van der Waals surface area contributed by atoms with E-state index in [-0.39, 0.29) is 11.4 Å². The maximum absolute atomic E-state index is 15.3. The Balaban J connectivity index is 1.62. The standard InChI is InChI=1S/C27H31F3N4O/c1-5-16(3)19(17-9-10-17)12-23(31-4)34-26-25(30)27(33-14-32-26)35-22-13-21(28)18-8-6-7-15(2)11-20(18)24(22)29/h11-14,16-17H,5-10H2,1-4H3,(H,31,32,33,34)/b19-12+. The normalized spacial score (nSPS) is 17.4. The van der Waals surface area contributed by atoms with Crippen LogP contribution in [-0.4, -0.2) is 22.9 Å². The molecule has 2 aliphatic rings. The third-order valence-electron chi connectivity index (χ3n) is 6.70. The molecule has 1 aromatic carbocycles. The van der Waals surface area contributed by atoms with E-state index in [2.05, 4.69) is 34.1 Å². The van der Waals surface area contributed by atoms with Crippen molar-refractivity contribution >= 4 is 17.7 Å². The van der Waals surface area contributed by atoms with Crippen molar-refractivity contribution in [3.63, 3.8) is 0 Å². The van der Waals surface area contributed by atoms with Crippen LogP contribution in [0.1, 0.15) is 64.0 Å². The molecule has 1 unspecified atom stereocenters. The molecule has 186 valence electrons. The van der Waals surface area contributed by atoms with Gasteiger partial charge in [-0.05, 0) is 68.9 Å². The highest BCUT2D eigenvalue weighted by Gasteiger charge is 2.29. The van der Waals surface area contributed by atoms with Gasteiger partial charge in [-0.25, -0.2) is 13.8 Å². The molecule has 2 aliphatic carbocycles. The predicted octanol–water partition coefficient (Wildman–Crippen LogP) is 7.25. The molecule has 1 atom stereocenters. The summed E-state index contributed by atoms with van der Waals surface area (Å²) in [7, 11) is 1.61. The first-order valence-corrected chi connectivity index (χ1v) is 12.1. The van der Waals surface area contributed by atoms with Crippen molar-refractivity contribution in [1.29, 1.82) is 0 Å². The fourth-order valence-corrected chi connectivity index (χ4v) is 4.37. The van der Waals surface area contributed by atoms with Crippen LogP contribution in [0.2, 0.25) is 0 Å². The van der Waals surface area contributed by atoms with Gasteiger partial charge in [0.05, 0.1) is 0 Å². The molecule has 0 bridgehead atoms. The van der Waals surface area contributed by atoms with Crippen molar-refractivity contribution in [1.82, 2.24) is 9.97 Å². The second kappa shape index (κ2) is 10.6. The molecule has 4 rings (SSSR count). The number of nitrogens with zero attached hydrogens (tertiary/aromatic N) is 3. The molecule has 1 N–H and O–H groups in total. The Labute approximate surface area is 204 Å². The van der Waals surface area contributed by atoms with Crippen LogP contribution < -0.4 is 10.1 Å². The molecule has 1 heterocycles. The lowest BCUT2D eigenvalue weighted by Crippen LogP contribution is -2.15. The van der Waals surface area contributed by atoms with E-state index < -0.39 is 29.1 Å². The number of amidine groups is 1. The van der Waals surface area contributed by atoms with E-state index >= 15 is 8.78 Å². The summed E-state index contributed by atoms with van der Waals surface area (Å²) in [5.41, 5.74) is 2.67. The van der Waals surface area contributed by atoms with Gasteiger partial charge < -0.3 is 10.1 Å². The summed E-state index contributed by atoms with van der Waals surface area (Å²) in [5, 5.41) is 2.90. The van der Waals surface area contributed by atoms with Crippen LogP contribution in [0.25, 0.3) is 6.08 Å². The lowest BCUT2D eigenvalue weighted by Gasteiger charge is -2.16. The third kappa shape index (κ3) is 5.57. The summed E-state index contributed by atoms with van der Waals surface area (Å²) in [6.07, 6.45) is 9.88. The van der Waals surface area contributed by atoms with Crippen LogP contribution in [-0.2, 0) is 6.42 Å². The van der Waals surface area contributed by atoms with E-state index in [0.717, 1.165) is 50.1 Å². The largest absolute Gasteiger partial charge is 0.433 e. The topological polar surface area (TPSA) is 59.4 Å². The number of hydrogen-bond donors (Lipinski definition) is 1. The average Bonchev–Trinajstić information content (AvgIpc) is 3.69. The molecule has 2 aromatic rings. The molecule has 8 heteroatoms. The predicted molar refractivity (Wildman–Crippen MR) is 132 cm³/mol. The van der Waals surface area contributed by atoms with Gasteiger partial charge in [-0.1, -0.05) is 31.1 Å². The fraction of sp³-hybridized carbons (Fsp3) is 0.444. The van der Waals surface area contributed by atoms with E-state index in [4.69, 9.17) is 4.74 Å². The minimum absolute atomic E-state index is 0.144. The van der Waals surface area contributed by atoms with E-state index in [9.17, 15) is 4.39 Å². The summed E-state index contributed by atoms with van der Waals surface area (Å²) >= 11 is 0. The Kier molecular flexibility index (Phi) is 7.57. The minimum Gasteiger partial charge on any atom is -0.433 e. The van der Waals surface area contributed by atoms with Crippen LogP contribution in [0.3, 0.4) is 0 Å². The van der Waals surface area contributed by atoms with Crippen molar-refractivity contribution in [2.75, 3.05) is 12.4 Å². The molecule has 5 nitrogen and oxygen atoms in total. The average molecular weight is 485 g/mol. The van der Waals surface area contributed by atoms with Gasteiger partial charge in [0.1, 0.15) is 18.0 Å². The second-order valence-electron chi connectivity index (χ2n) is 9.31. The molecule has 1 saturated carbocycles. The molecular formula is C27H31F3N4O. The van der Waals surface area contributed by atoms with Crippen LogP contribution >= 0.6 is 0 Å². The molecule has 0 radical (unpaired) electrons. The van der Waals surface area contributed by atoms with Gasteiger partial charge in [0.15, 0.2) is 17.4 Å². The number of hydrogen-bond acceptors (Lipinski definition) is 4. The number of allylic oxidation sites excluding steroid dienone is 2. The number of nitrogens with one attached hydrogen (secondary N) is 1. The highest BCUT2D eigenvalue weighted by molar-refractivity contribution is 6.03. The number of aliphatic imine (C=N–C) groups is 1. The quantitative estimate of drug-likeness (QED) is 0.332. The number of ether oxygens (including phenoxy) is 1. The lowest BCUT2D eigenvalue weighted by atomic mass is 9.94. The lowest BCUT2D eigenvalue weighted by molar-refractivity contribution is 0.392. The van der Waals surface area contributed by atoms with Gasteiger partial charge in [-0.3, -0.25) is 4.99 Å². The first-order valence-electron chi connectivity index (χ1n) is 12.1. The van der Waals surface area contributed by atoms with Crippen molar-refractivity contribution in [2.24, 2.45) is 16.8 Å². The SMILES string of the molecule is CCC(C)/C(=C\C(=NC)Nc1ncnc(Oc2cc(F)c3c(c2F)C=C(C)CCC3)c1F)C1CC1. The maximum atomic E-state index is 15.3. The van der Waals surface area contributed by atoms with Gasteiger partial charge >= 0.3 is 0 Å². The summed E-state index contributed by atoms with van der Waals surface area (Å²) in [6, 6.07) is 0.951. The molecule has 0 saturated heterocycles. The summed E-state index contributed by atoms with van der Waals surface area (Å²) in [4.78, 5) is 12.0. The summed E-state index contributed by atoms with van der Waals surface area (Å²) in [6.45, 7) is 6.17. The van der Waals surface area contributed by atoms with Crippen molar-refractivity contribution in [3.8, 4) is 11.6 Å². The molecular weight excluding hydrogens is 453 g/mol.